The Bertz CT molecular complexity index is 1310. The van der Waals surface area contributed by atoms with Crippen molar-refractivity contribution in [1.29, 1.82) is 0 Å². The van der Waals surface area contributed by atoms with Gasteiger partial charge >= 0.3 is 6.09 Å². The molecule has 7 nitrogen and oxygen atoms in total. The summed E-state index contributed by atoms with van der Waals surface area (Å²) in [6.45, 7) is 7.28. The molecule has 1 aromatic carbocycles. The molecule has 2 amide bonds. The second-order valence-corrected chi connectivity index (χ2v) is 13.1. The van der Waals surface area contributed by atoms with Crippen LogP contribution in [0.25, 0.3) is 0 Å². The predicted octanol–water partition coefficient (Wildman–Crippen LogP) is 4.83. The Morgan fingerprint density at radius 3 is 2.68 bits per heavy atom. The number of aromatic nitrogens is 1. The second-order valence-electron chi connectivity index (χ2n) is 13.1. The van der Waals surface area contributed by atoms with Gasteiger partial charge in [-0.25, -0.2) is 4.79 Å². The zero-order valence-corrected chi connectivity index (χ0v) is 22.8. The molecule has 7 rings (SSSR count). The van der Waals surface area contributed by atoms with Crippen LogP contribution in [0.5, 0.6) is 5.75 Å². The summed E-state index contributed by atoms with van der Waals surface area (Å²) in [6.07, 6.45) is 6.29. The fourth-order valence-electron chi connectivity index (χ4n) is 9.53. The lowest BCUT2D eigenvalue weighted by Gasteiger charge is -2.66. The van der Waals surface area contributed by atoms with Crippen LogP contribution in [0.2, 0.25) is 0 Å². The number of hydrogen-bond donors (Lipinski definition) is 0. The van der Waals surface area contributed by atoms with Crippen molar-refractivity contribution >= 4 is 12.0 Å². The molecular formula is C31H37N3O4. The normalized spacial score (nSPS) is 34.4. The van der Waals surface area contributed by atoms with E-state index >= 15 is 0 Å². The van der Waals surface area contributed by atoms with Gasteiger partial charge in [0.25, 0.3) is 5.91 Å². The molecule has 5 aliphatic rings. The van der Waals surface area contributed by atoms with E-state index in [2.05, 4.69) is 33.0 Å². The van der Waals surface area contributed by atoms with Crippen molar-refractivity contribution in [2.24, 2.45) is 17.3 Å². The molecule has 3 heterocycles. The molecule has 0 radical (unpaired) electrons. The maximum absolute atomic E-state index is 13.7. The molecule has 1 aromatic heterocycles. The number of piperidine rings is 1. The van der Waals surface area contributed by atoms with Gasteiger partial charge < -0.3 is 19.3 Å². The minimum absolute atomic E-state index is 0.00646. The molecule has 38 heavy (non-hydrogen) atoms. The number of pyridine rings is 1. The smallest absolute Gasteiger partial charge is 0.410 e. The first-order valence-electron chi connectivity index (χ1n) is 14.1. The summed E-state index contributed by atoms with van der Waals surface area (Å²) < 4.78 is 11.7. The molecule has 200 valence electrons. The molecule has 4 bridgehead atoms. The third kappa shape index (κ3) is 3.04. The number of nitrogens with zero attached hydrogens (tertiary/aromatic N) is 3. The fraction of sp³-hybridized carbons (Fsp3) is 0.581. The molecule has 5 unspecified atom stereocenters. The third-order valence-corrected chi connectivity index (χ3v) is 10.5. The van der Waals surface area contributed by atoms with Gasteiger partial charge in [0.2, 0.25) is 0 Å². The van der Waals surface area contributed by atoms with E-state index in [0.29, 0.717) is 24.1 Å². The van der Waals surface area contributed by atoms with Crippen molar-refractivity contribution < 1.29 is 19.1 Å². The highest BCUT2D eigenvalue weighted by atomic mass is 16.6. The van der Waals surface area contributed by atoms with Crippen molar-refractivity contribution in [1.82, 2.24) is 14.8 Å². The van der Waals surface area contributed by atoms with E-state index < -0.39 is 5.60 Å². The van der Waals surface area contributed by atoms with Crippen LogP contribution in [0.15, 0.2) is 42.6 Å². The van der Waals surface area contributed by atoms with Gasteiger partial charge in [-0.05, 0) is 100 Å². The molecular weight excluding hydrogens is 478 g/mol. The Labute approximate surface area is 224 Å². The number of carbonyl (C=O) groups is 2. The van der Waals surface area contributed by atoms with E-state index in [1.807, 2.05) is 39.0 Å². The standard InChI is InChI=1S/C31H37N3O4/c1-29(2,3)38-28(36)33-14-12-31-22-16-21(37-4)9-8-19(22)15-25(33)30(31)11-10-24-26(31)20(17-30)18-34(24)27(35)23-7-5-6-13-32-23/h5-9,13,16,20,24-26H,10-12,14-15,17-18H2,1-4H3/t20-,24?,25?,26?,30?,31?/m1/s1. The lowest BCUT2D eigenvalue weighted by Crippen LogP contribution is -2.70. The Balaban J connectivity index is 1.34. The number of amides is 2. The Hall–Kier alpha value is -3.09. The first kappa shape index (κ1) is 24.0. The van der Waals surface area contributed by atoms with Crippen LogP contribution in [0.4, 0.5) is 4.79 Å². The molecule has 0 spiro atoms. The highest BCUT2D eigenvalue weighted by molar-refractivity contribution is 5.93. The quantitative estimate of drug-likeness (QED) is 0.573. The Kier molecular flexibility index (Phi) is 5.03. The number of fused-ring (bicyclic) bond motifs is 1. The zero-order valence-electron chi connectivity index (χ0n) is 22.8. The lowest BCUT2D eigenvalue weighted by molar-refractivity contribution is -0.100. The van der Waals surface area contributed by atoms with Crippen LogP contribution >= 0.6 is 0 Å². The molecule has 2 saturated heterocycles. The average molecular weight is 516 g/mol. The summed E-state index contributed by atoms with van der Waals surface area (Å²) in [6, 6.07) is 12.4. The molecule has 0 N–H and O–H groups in total. The van der Waals surface area contributed by atoms with Crippen molar-refractivity contribution in [3.8, 4) is 5.75 Å². The summed E-state index contributed by atoms with van der Waals surface area (Å²) in [7, 11) is 1.73. The number of rotatable bonds is 2. The second kappa shape index (κ2) is 7.96. The molecule has 6 atom stereocenters. The topological polar surface area (TPSA) is 72.0 Å². The average Bonchev–Trinajstić information content (AvgIpc) is 3.34. The number of methoxy groups -OCH3 is 1. The first-order chi connectivity index (χ1) is 18.2. The van der Waals surface area contributed by atoms with Crippen LogP contribution in [-0.4, -0.2) is 64.7 Å². The van der Waals surface area contributed by atoms with E-state index in [1.165, 1.54) is 11.1 Å². The lowest BCUT2D eigenvalue weighted by atomic mass is 9.43. The van der Waals surface area contributed by atoms with Crippen molar-refractivity contribution in [3.05, 3.63) is 59.4 Å². The van der Waals surface area contributed by atoms with Crippen LogP contribution < -0.4 is 4.74 Å². The predicted molar refractivity (Wildman–Crippen MR) is 142 cm³/mol. The number of hydrogen-bond acceptors (Lipinski definition) is 5. The van der Waals surface area contributed by atoms with Gasteiger partial charge in [-0.1, -0.05) is 12.1 Å². The van der Waals surface area contributed by atoms with Crippen LogP contribution in [0, 0.1) is 17.3 Å². The number of likely N-dealkylation sites (tertiary alicyclic amines) is 2. The van der Waals surface area contributed by atoms with Gasteiger partial charge in [-0.3, -0.25) is 9.78 Å². The monoisotopic (exact) mass is 515 g/mol. The minimum Gasteiger partial charge on any atom is -0.497 e. The fourth-order valence-corrected chi connectivity index (χ4v) is 9.53. The van der Waals surface area contributed by atoms with Crippen molar-refractivity contribution in [2.45, 2.75) is 76.0 Å². The Morgan fingerprint density at radius 2 is 1.95 bits per heavy atom. The van der Waals surface area contributed by atoms with E-state index in [0.717, 1.165) is 44.4 Å². The molecule has 7 heteroatoms. The summed E-state index contributed by atoms with van der Waals surface area (Å²) in [4.78, 5) is 35.8. The van der Waals surface area contributed by atoms with Gasteiger partial charge in [-0.2, -0.15) is 0 Å². The van der Waals surface area contributed by atoms with Crippen LogP contribution in [-0.2, 0) is 16.6 Å². The van der Waals surface area contributed by atoms with E-state index in [9.17, 15) is 9.59 Å². The minimum atomic E-state index is -0.528. The first-order valence-corrected chi connectivity index (χ1v) is 14.1. The van der Waals surface area contributed by atoms with Gasteiger partial charge in [0.1, 0.15) is 17.0 Å². The summed E-state index contributed by atoms with van der Waals surface area (Å²) >= 11 is 0. The van der Waals surface area contributed by atoms with Gasteiger partial charge in [-0.15, -0.1) is 0 Å². The third-order valence-electron chi connectivity index (χ3n) is 10.5. The van der Waals surface area contributed by atoms with Crippen molar-refractivity contribution in [2.75, 3.05) is 20.2 Å². The molecule has 3 aliphatic carbocycles. The maximum atomic E-state index is 13.7. The molecule has 2 aliphatic heterocycles. The van der Waals surface area contributed by atoms with E-state index in [4.69, 9.17) is 9.47 Å². The van der Waals surface area contributed by atoms with Crippen molar-refractivity contribution in [3.63, 3.8) is 0 Å². The van der Waals surface area contributed by atoms with Gasteiger partial charge in [0.15, 0.2) is 0 Å². The van der Waals surface area contributed by atoms with Crippen LogP contribution in [0.1, 0.15) is 68.1 Å². The highest BCUT2D eigenvalue weighted by Gasteiger charge is 2.77. The molecule has 4 fully saturated rings. The van der Waals surface area contributed by atoms with Gasteiger partial charge in [0.05, 0.1) is 7.11 Å². The number of carbonyl (C=O) groups excluding carboxylic acids is 2. The van der Waals surface area contributed by atoms with Crippen LogP contribution in [0.3, 0.4) is 0 Å². The Morgan fingerprint density at radius 1 is 1.11 bits per heavy atom. The van der Waals surface area contributed by atoms with Gasteiger partial charge in [0, 0.05) is 42.2 Å². The number of benzene rings is 1. The zero-order chi connectivity index (χ0) is 26.4. The molecule has 2 saturated carbocycles. The van der Waals surface area contributed by atoms with E-state index in [1.54, 1.807) is 13.3 Å². The highest BCUT2D eigenvalue weighted by Crippen LogP contribution is 2.75. The SMILES string of the molecule is COc1ccc2c(c1)C13CCN(C(=O)OC(C)(C)C)C(C2)C12CCC1C3[C@@H](CN1C(=O)c1ccccn1)C2. The van der Waals surface area contributed by atoms with E-state index in [-0.39, 0.29) is 34.9 Å². The summed E-state index contributed by atoms with van der Waals surface area (Å²) in [5.74, 6) is 1.73. The largest absolute Gasteiger partial charge is 0.497 e. The maximum Gasteiger partial charge on any atom is 0.410 e. The summed E-state index contributed by atoms with van der Waals surface area (Å²) in [5, 5.41) is 0. The number of ether oxygens (including phenoxy) is 2. The molecule has 2 aromatic rings. The summed E-state index contributed by atoms with van der Waals surface area (Å²) in [5.41, 5.74) is 2.64.